The number of hydrogen-bond acceptors (Lipinski definition) is 5. The number of carboxylic acids is 3. The van der Waals surface area contributed by atoms with Crippen molar-refractivity contribution in [1.82, 2.24) is 0 Å². The largest absolute Gasteiger partial charge is 0.481 e. The van der Waals surface area contributed by atoms with Gasteiger partial charge in [-0.05, 0) is 0 Å². The van der Waals surface area contributed by atoms with Gasteiger partial charge in [-0.1, -0.05) is 0 Å². The molecule has 0 heterocycles. The molecule has 0 saturated heterocycles. The van der Waals surface area contributed by atoms with E-state index < -0.39 is 17.9 Å². The molecule has 0 spiro atoms. The Morgan fingerprint density at radius 3 is 0.824 bits per heavy atom. The SMILES string of the molecule is CC(=O)O.CC(=O)O.CC(=O)O.NCCN.[K]. The normalized spacial score (nSPS) is 6.18. The Bertz CT molecular complexity index is 146. The van der Waals surface area contributed by atoms with Gasteiger partial charge in [-0.15, -0.1) is 0 Å². The molecule has 0 rings (SSSR count). The van der Waals surface area contributed by atoms with E-state index in [1.807, 2.05) is 0 Å². The minimum Gasteiger partial charge on any atom is -0.481 e. The van der Waals surface area contributed by atoms with E-state index in [1.54, 1.807) is 0 Å². The molecule has 0 unspecified atom stereocenters. The van der Waals surface area contributed by atoms with E-state index in [0.717, 1.165) is 20.8 Å². The van der Waals surface area contributed by atoms with Crippen LogP contribution >= 0.6 is 0 Å². The Morgan fingerprint density at radius 2 is 0.824 bits per heavy atom. The first-order valence-corrected chi connectivity index (χ1v) is 4.10. The maximum Gasteiger partial charge on any atom is 0.300 e. The Morgan fingerprint density at radius 1 is 0.765 bits per heavy atom. The molecule has 17 heavy (non-hydrogen) atoms. The van der Waals surface area contributed by atoms with Crippen molar-refractivity contribution < 1.29 is 29.7 Å². The number of carbonyl (C=O) groups is 3. The molecule has 0 aromatic carbocycles. The minimum absolute atomic E-state index is 0. The van der Waals surface area contributed by atoms with Crippen LogP contribution in [0.4, 0.5) is 0 Å². The summed E-state index contributed by atoms with van der Waals surface area (Å²) in [5.74, 6) is -2.50. The smallest absolute Gasteiger partial charge is 0.300 e. The van der Waals surface area contributed by atoms with Crippen molar-refractivity contribution in [3.05, 3.63) is 0 Å². The van der Waals surface area contributed by atoms with Crippen molar-refractivity contribution in [3.63, 3.8) is 0 Å². The van der Waals surface area contributed by atoms with Crippen LogP contribution in [0.5, 0.6) is 0 Å². The summed E-state index contributed by atoms with van der Waals surface area (Å²) in [7, 11) is 0. The molecule has 7 N–H and O–H groups in total. The molecule has 99 valence electrons. The van der Waals surface area contributed by atoms with Crippen molar-refractivity contribution in [2.45, 2.75) is 20.8 Å². The molecule has 0 aromatic heterocycles. The van der Waals surface area contributed by atoms with Crippen molar-refractivity contribution in [2.24, 2.45) is 11.5 Å². The van der Waals surface area contributed by atoms with Gasteiger partial charge in [0.05, 0.1) is 0 Å². The van der Waals surface area contributed by atoms with Gasteiger partial charge in [0.25, 0.3) is 17.9 Å². The van der Waals surface area contributed by atoms with Crippen LogP contribution in [0.1, 0.15) is 20.8 Å². The van der Waals surface area contributed by atoms with E-state index in [1.165, 1.54) is 0 Å². The zero-order valence-corrected chi connectivity index (χ0v) is 13.8. The van der Waals surface area contributed by atoms with Gasteiger partial charge in [0.15, 0.2) is 0 Å². The van der Waals surface area contributed by atoms with Gasteiger partial charge in [-0.2, -0.15) is 0 Å². The van der Waals surface area contributed by atoms with Crippen molar-refractivity contribution in [1.29, 1.82) is 0 Å². The van der Waals surface area contributed by atoms with Crippen LogP contribution in [0.25, 0.3) is 0 Å². The Kier molecular flexibility index (Phi) is 52.8. The third kappa shape index (κ3) is 3330. The number of nitrogens with two attached hydrogens (primary N) is 2. The summed E-state index contributed by atoms with van der Waals surface area (Å²) in [6.07, 6.45) is 0. The Balaban J connectivity index is -0.0000000369. The molecule has 0 aromatic rings. The van der Waals surface area contributed by atoms with Crippen LogP contribution in [0.3, 0.4) is 0 Å². The number of hydrogen-bond donors (Lipinski definition) is 5. The first-order valence-electron chi connectivity index (χ1n) is 4.10. The van der Waals surface area contributed by atoms with E-state index >= 15 is 0 Å². The first-order chi connectivity index (χ1) is 7.11. The minimum atomic E-state index is -0.833. The van der Waals surface area contributed by atoms with Crippen LogP contribution in [-0.4, -0.2) is 97.7 Å². The topological polar surface area (TPSA) is 164 Å². The molecule has 8 nitrogen and oxygen atoms in total. The van der Waals surface area contributed by atoms with Crippen LogP contribution in [0, 0.1) is 0 Å². The average Bonchev–Trinajstić information content (AvgIpc) is 2.00. The quantitative estimate of drug-likeness (QED) is 0.373. The van der Waals surface area contributed by atoms with Gasteiger partial charge in [0.2, 0.25) is 0 Å². The standard InChI is InChI=1S/C2H8N2.3C2H4O2.K/c3-1-2-4;3*1-2(3)4;/h1-4H2;3*1H3,(H,3,4);. The molecule has 0 aliphatic heterocycles. The van der Waals surface area contributed by atoms with E-state index in [2.05, 4.69) is 0 Å². The Hall–Kier alpha value is -0.0336. The monoisotopic (exact) mass is 279 g/mol. The number of aliphatic carboxylic acids is 3. The maximum absolute atomic E-state index is 9.00. The van der Waals surface area contributed by atoms with Crippen LogP contribution < -0.4 is 11.5 Å². The fourth-order valence-corrected chi connectivity index (χ4v) is 0. The molecule has 1 radical (unpaired) electrons. The fraction of sp³-hybridized carbons (Fsp3) is 0.625. The predicted octanol–water partition coefficient (Wildman–Crippen LogP) is -1.20. The first kappa shape index (κ1) is 30.2. The maximum atomic E-state index is 9.00. The summed E-state index contributed by atoms with van der Waals surface area (Å²) >= 11 is 0. The molecular formula is C8H20KN2O6. The second kappa shape index (κ2) is 29.7. The molecule has 0 amide bonds. The zero-order valence-electron chi connectivity index (χ0n) is 10.6. The summed E-state index contributed by atoms with van der Waals surface area (Å²) in [5, 5.41) is 22.2. The van der Waals surface area contributed by atoms with Crippen LogP contribution in [0.2, 0.25) is 0 Å². The molecule has 0 saturated carbocycles. The van der Waals surface area contributed by atoms with E-state index in [9.17, 15) is 0 Å². The summed E-state index contributed by atoms with van der Waals surface area (Å²) in [6, 6.07) is 0. The molecule has 0 fully saturated rings. The number of carboxylic acid groups (broad SMARTS) is 3. The fourth-order valence-electron chi connectivity index (χ4n) is 0. The van der Waals surface area contributed by atoms with Gasteiger partial charge in [0.1, 0.15) is 0 Å². The molecule has 0 aliphatic rings. The van der Waals surface area contributed by atoms with Gasteiger partial charge in [-0.25, -0.2) is 0 Å². The van der Waals surface area contributed by atoms with Crippen molar-refractivity contribution >= 4 is 69.3 Å². The third-order valence-corrected chi connectivity index (χ3v) is 0.167. The molecule has 0 bridgehead atoms. The second-order valence-electron chi connectivity index (χ2n) is 2.13. The third-order valence-electron chi connectivity index (χ3n) is 0.167. The van der Waals surface area contributed by atoms with Gasteiger partial charge >= 0.3 is 0 Å². The molecule has 9 heteroatoms. The zero-order chi connectivity index (χ0) is 14.1. The molecule has 0 atom stereocenters. The number of rotatable bonds is 1. The summed E-state index contributed by atoms with van der Waals surface area (Å²) in [5.41, 5.74) is 9.81. The van der Waals surface area contributed by atoms with Gasteiger partial charge in [0, 0.05) is 85.2 Å². The van der Waals surface area contributed by atoms with E-state index in [4.69, 9.17) is 41.2 Å². The van der Waals surface area contributed by atoms with Crippen molar-refractivity contribution in [2.75, 3.05) is 13.1 Å². The van der Waals surface area contributed by atoms with E-state index in [-0.39, 0.29) is 51.4 Å². The summed E-state index contributed by atoms with van der Waals surface area (Å²) in [6.45, 7) is 4.44. The van der Waals surface area contributed by atoms with Gasteiger partial charge in [-0.3, -0.25) is 14.4 Å². The summed E-state index contributed by atoms with van der Waals surface area (Å²) < 4.78 is 0. The van der Waals surface area contributed by atoms with Gasteiger partial charge < -0.3 is 26.8 Å². The van der Waals surface area contributed by atoms with Crippen molar-refractivity contribution in [3.8, 4) is 0 Å². The average molecular weight is 279 g/mol. The Labute approximate surface area is 143 Å². The summed E-state index contributed by atoms with van der Waals surface area (Å²) in [4.78, 5) is 27.0. The molecular weight excluding hydrogens is 259 g/mol. The van der Waals surface area contributed by atoms with Crippen LogP contribution in [-0.2, 0) is 14.4 Å². The van der Waals surface area contributed by atoms with Crippen LogP contribution in [0.15, 0.2) is 0 Å². The predicted molar refractivity (Wildman–Crippen MR) is 63.8 cm³/mol. The second-order valence-corrected chi connectivity index (χ2v) is 2.13. The molecule has 0 aliphatic carbocycles. The van der Waals surface area contributed by atoms with E-state index in [0.29, 0.717) is 13.1 Å².